The number of hydrogen-bond acceptors (Lipinski definition) is 10. The molecule has 13 heteroatoms. The third-order valence-corrected chi connectivity index (χ3v) is 7.73. The Morgan fingerprint density at radius 2 is 1.62 bits per heavy atom. The van der Waals surface area contributed by atoms with Crippen LogP contribution in [0, 0.1) is 0 Å². The predicted molar refractivity (Wildman–Crippen MR) is 146 cm³/mol. The number of ether oxygens (including phenoxy) is 2. The molecule has 200 valence electrons. The molecule has 0 atom stereocenters. The van der Waals surface area contributed by atoms with Crippen LogP contribution in [0.3, 0.4) is 0 Å². The molecule has 4 heterocycles. The van der Waals surface area contributed by atoms with E-state index in [1.54, 1.807) is 57.1 Å². The van der Waals surface area contributed by atoms with Crippen molar-refractivity contribution in [2.24, 2.45) is 0 Å². The number of aromatic nitrogens is 6. The SMILES string of the molecule is COc1cc(OC)cc(N(Cc2nccn2S(=O)(=O)N(C)C)c2ccc3ncc(-c4ccncc4)nc3n2)c1. The molecule has 1 aromatic carbocycles. The van der Waals surface area contributed by atoms with Gasteiger partial charge < -0.3 is 14.4 Å². The van der Waals surface area contributed by atoms with Crippen LogP contribution in [0.2, 0.25) is 0 Å². The minimum Gasteiger partial charge on any atom is -0.497 e. The number of methoxy groups -OCH3 is 2. The normalized spacial score (nSPS) is 11.6. The predicted octanol–water partition coefficient (Wildman–Crippen LogP) is 3.29. The zero-order valence-electron chi connectivity index (χ0n) is 21.8. The van der Waals surface area contributed by atoms with Crippen LogP contribution in [0.1, 0.15) is 5.82 Å². The van der Waals surface area contributed by atoms with E-state index in [2.05, 4.69) is 15.0 Å². The van der Waals surface area contributed by atoms with Gasteiger partial charge in [0.05, 0.1) is 38.3 Å². The van der Waals surface area contributed by atoms with E-state index in [0.717, 1.165) is 13.8 Å². The molecule has 39 heavy (non-hydrogen) atoms. The van der Waals surface area contributed by atoms with Gasteiger partial charge in [-0.3, -0.25) is 9.97 Å². The molecule has 0 N–H and O–H groups in total. The Kier molecular flexibility index (Phi) is 7.09. The van der Waals surface area contributed by atoms with Gasteiger partial charge in [0.25, 0.3) is 0 Å². The number of imidazole rings is 1. The zero-order valence-corrected chi connectivity index (χ0v) is 22.6. The van der Waals surface area contributed by atoms with Crippen LogP contribution in [-0.4, -0.2) is 69.9 Å². The largest absolute Gasteiger partial charge is 0.497 e. The first-order valence-corrected chi connectivity index (χ1v) is 13.2. The average molecular weight is 547 g/mol. The van der Waals surface area contributed by atoms with Gasteiger partial charge in [-0.15, -0.1) is 0 Å². The Morgan fingerprint density at radius 3 is 2.28 bits per heavy atom. The van der Waals surface area contributed by atoms with E-state index < -0.39 is 10.2 Å². The molecule has 4 aromatic heterocycles. The highest BCUT2D eigenvalue weighted by atomic mass is 32.2. The summed E-state index contributed by atoms with van der Waals surface area (Å²) >= 11 is 0. The second kappa shape index (κ2) is 10.6. The van der Waals surface area contributed by atoms with Crippen LogP contribution in [0.25, 0.3) is 22.4 Å². The summed E-state index contributed by atoms with van der Waals surface area (Å²) in [6.07, 6.45) is 7.92. The van der Waals surface area contributed by atoms with Crippen molar-refractivity contribution in [2.75, 3.05) is 33.2 Å². The molecule has 0 aliphatic rings. The maximum Gasteiger partial charge on any atom is 0.308 e. The maximum absolute atomic E-state index is 13.0. The molecular formula is C26H26N8O4S. The smallest absolute Gasteiger partial charge is 0.308 e. The second-order valence-electron chi connectivity index (χ2n) is 8.59. The molecule has 0 fully saturated rings. The van der Waals surface area contributed by atoms with E-state index in [9.17, 15) is 8.42 Å². The number of anilines is 2. The summed E-state index contributed by atoms with van der Waals surface area (Å²) in [6.45, 7) is 0.0619. The molecule has 5 aromatic rings. The van der Waals surface area contributed by atoms with Gasteiger partial charge in [-0.1, -0.05) is 0 Å². The van der Waals surface area contributed by atoms with E-state index in [0.29, 0.717) is 39.9 Å². The van der Waals surface area contributed by atoms with Gasteiger partial charge in [0.1, 0.15) is 28.7 Å². The van der Waals surface area contributed by atoms with Gasteiger partial charge in [0.15, 0.2) is 5.65 Å². The number of rotatable bonds is 9. The highest BCUT2D eigenvalue weighted by Gasteiger charge is 2.24. The van der Waals surface area contributed by atoms with E-state index in [1.807, 2.05) is 23.1 Å². The van der Waals surface area contributed by atoms with Crippen molar-refractivity contribution < 1.29 is 17.9 Å². The van der Waals surface area contributed by atoms with Crippen LogP contribution in [0.4, 0.5) is 11.5 Å². The number of benzene rings is 1. The number of nitrogens with zero attached hydrogens (tertiary/aromatic N) is 8. The molecule has 0 unspecified atom stereocenters. The van der Waals surface area contributed by atoms with Gasteiger partial charge in [-0.05, 0) is 24.3 Å². The molecular weight excluding hydrogens is 520 g/mol. The Balaban J connectivity index is 1.65. The van der Waals surface area contributed by atoms with Crippen molar-refractivity contribution in [3.05, 3.63) is 79.3 Å². The lowest BCUT2D eigenvalue weighted by Crippen LogP contribution is -2.31. The number of fused-ring (bicyclic) bond motifs is 1. The van der Waals surface area contributed by atoms with Gasteiger partial charge in [-0.25, -0.2) is 18.9 Å². The summed E-state index contributed by atoms with van der Waals surface area (Å²) in [6, 6.07) is 12.7. The monoisotopic (exact) mass is 546 g/mol. The molecule has 0 aliphatic carbocycles. The molecule has 0 radical (unpaired) electrons. The lowest BCUT2D eigenvalue weighted by molar-refractivity contribution is 0.394. The van der Waals surface area contributed by atoms with Crippen molar-refractivity contribution >= 4 is 32.9 Å². The average Bonchev–Trinajstić information content (AvgIpc) is 3.44. The van der Waals surface area contributed by atoms with Gasteiger partial charge in [0, 0.05) is 62.6 Å². The summed E-state index contributed by atoms with van der Waals surface area (Å²) in [7, 11) is 2.24. The standard InChI is InChI=1S/C26H26N8O4S/c1-32(2)39(35,36)34-12-11-28-25(34)17-33(19-13-20(37-3)15-21(14-19)38-4)24-6-5-22-26(31-24)30-23(16-29-22)18-7-9-27-10-8-18/h5-16H,17H2,1-4H3. The van der Waals surface area contributed by atoms with Gasteiger partial charge >= 0.3 is 10.2 Å². The quantitative estimate of drug-likeness (QED) is 0.272. The summed E-state index contributed by atoms with van der Waals surface area (Å²) in [4.78, 5) is 24.3. The zero-order chi connectivity index (χ0) is 27.6. The van der Waals surface area contributed by atoms with E-state index in [1.165, 1.54) is 26.5 Å². The molecule has 0 saturated heterocycles. The number of pyridine rings is 2. The Bertz CT molecular complexity index is 1700. The van der Waals surface area contributed by atoms with E-state index in [4.69, 9.17) is 19.4 Å². The van der Waals surface area contributed by atoms with Crippen molar-refractivity contribution in [1.29, 1.82) is 0 Å². The lowest BCUT2D eigenvalue weighted by Gasteiger charge is -2.25. The summed E-state index contributed by atoms with van der Waals surface area (Å²) < 4.78 is 39.2. The van der Waals surface area contributed by atoms with Gasteiger partial charge in [-0.2, -0.15) is 12.7 Å². The topological polar surface area (TPSA) is 128 Å². The van der Waals surface area contributed by atoms with Crippen LogP contribution >= 0.6 is 0 Å². The molecule has 0 bridgehead atoms. The first kappa shape index (κ1) is 26.0. The number of hydrogen-bond donors (Lipinski definition) is 0. The van der Waals surface area contributed by atoms with Crippen LogP contribution in [0.5, 0.6) is 11.5 Å². The third-order valence-electron chi connectivity index (χ3n) is 5.98. The van der Waals surface area contributed by atoms with Crippen molar-refractivity contribution in [1.82, 2.24) is 33.2 Å². The molecule has 0 saturated carbocycles. The molecule has 0 aliphatic heterocycles. The fraction of sp³-hybridized carbons (Fsp3) is 0.192. The Morgan fingerprint density at radius 1 is 0.897 bits per heavy atom. The third kappa shape index (κ3) is 5.22. The molecule has 0 amide bonds. The summed E-state index contributed by atoms with van der Waals surface area (Å²) in [5.74, 6) is 1.89. The minimum absolute atomic E-state index is 0.0619. The minimum atomic E-state index is -3.81. The first-order valence-electron chi connectivity index (χ1n) is 11.8. The fourth-order valence-electron chi connectivity index (χ4n) is 3.91. The molecule has 5 rings (SSSR count). The Hall–Kier alpha value is -4.62. The van der Waals surface area contributed by atoms with Crippen molar-refractivity contribution in [3.63, 3.8) is 0 Å². The highest BCUT2D eigenvalue weighted by Crippen LogP contribution is 2.34. The molecule has 0 spiro atoms. The van der Waals surface area contributed by atoms with Crippen molar-refractivity contribution in [3.8, 4) is 22.8 Å². The van der Waals surface area contributed by atoms with E-state index >= 15 is 0 Å². The lowest BCUT2D eigenvalue weighted by atomic mass is 10.2. The van der Waals surface area contributed by atoms with Crippen LogP contribution < -0.4 is 14.4 Å². The summed E-state index contributed by atoms with van der Waals surface area (Å²) in [5.41, 5.74) is 3.18. The molecule has 12 nitrogen and oxygen atoms in total. The fourth-order valence-corrected chi connectivity index (χ4v) is 4.84. The Labute approximate surface area is 225 Å². The second-order valence-corrected chi connectivity index (χ2v) is 10.6. The van der Waals surface area contributed by atoms with Crippen molar-refractivity contribution in [2.45, 2.75) is 6.54 Å². The first-order chi connectivity index (χ1) is 18.8. The van der Waals surface area contributed by atoms with E-state index in [-0.39, 0.29) is 12.4 Å². The highest BCUT2D eigenvalue weighted by molar-refractivity contribution is 7.87. The van der Waals surface area contributed by atoms with Crippen LogP contribution in [0.15, 0.2) is 73.4 Å². The van der Waals surface area contributed by atoms with Crippen LogP contribution in [-0.2, 0) is 16.8 Å². The maximum atomic E-state index is 13.0. The van der Waals surface area contributed by atoms with Gasteiger partial charge in [0.2, 0.25) is 0 Å². The summed E-state index contributed by atoms with van der Waals surface area (Å²) in [5, 5.41) is 0.